The minimum atomic E-state index is -1.19. The normalized spacial score (nSPS) is 13.0. The quantitative estimate of drug-likeness (QED) is 0.511. The molecule has 1 atom stereocenters. The fraction of sp³-hybridized carbons (Fsp3) is 0.333. The summed E-state index contributed by atoms with van der Waals surface area (Å²) in [4.78, 5) is 5.36. The van der Waals surface area contributed by atoms with Crippen LogP contribution in [-0.2, 0) is 10.8 Å². The van der Waals surface area contributed by atoms with E-state index in [-0.39, 0.29) is 0 Å². The molecule has 1 unspecified atom stereocenters. The number of hydrogen-bond acceptors (Lipinski definition) is 4. The van der Waals surface area contributed by atoms with Gasteiger partial charge in [-0.15, -0.1) is 0 Å². The highest BCUT2D eigenvalue weighted by Gasteiger charge is 2.26. The van der Waals surface area contributed by atoms with Crippen molar-refractivity contribution in [2.75, 3.05) is 5.75 Å². The Balaban J connectivity index is 2.11. The highest BCUT2D eigenvalue weighted by Crippen LogP contribution is 2.35. The number of nitrogens with zero attached hydrogens (tertiary/aromatic N) is 3. The minimum absolute atomic E-state index is 0.421. The van der Waals surface area contributed by atoms with Gasteiger partial charge < -0.3 is 4.42 Å². The van der Waals surface area contributed by atoms with Gasteiger partial charge in [0.1, 0.15) is 5.52 Å². The maximum Gasteiger partial charge on any atom is 0.249 e. The summed E-state index contributed by atoms with van der Waals surface area (Å²) >= 11 is 0. The molecule has 0 saturated heterocycles. The third-order valence-electron chi connectivity index (χ3n) is 5.42. The zero-order chi connectivity index (χ0) is 19.5. The first-order chi connectivity index (χ1) is 12.8. The molecule has 0 aliphatic heterocycles. The Labute approximate surface area is 160 Å². The first kappa shape index (κ1) is 17.9. The summed E-state index contributed by atoms with van der Waals surface area (Å²) in [6, 6.07) is 5.89. The molecule has 140 valence electrons. The molecule has 6 heteroatoms. The zero-order valence-electron chi connectivity index (χ0n) is 16.5. The Morgan fingerprint density at radius 1 is 1.07 bits per heavy atom. The molecule has 4 aromatic rings. The number of benzene rings is 1. The van der Waals surface area contributed by atoms with Gasteiger partial charge in [-0.05, 0) is 69.0 Å². The fourth-order valence-electron chi connectivity index (χ4n) is 3.50. The van der Waals surface area contributed by atoms with Gasteiger partial charge in [-0.2, -0.15) is 5.10 Å². The van der Waals surface area contributed by atoms with Crippen LogP contribution in [0.2, 0.25) is 0 Å². The van der Waals surface area contributed by atoms with Gasteiger partial charge in [-0.1, -0.05) is 13.0 Å². The lowest BCUT2D eigenvalue weighted by atomic mass is 10.0. The molecule has 0 N–H and O–H groups in total. The van der Waals surface area contributed by atoms with Crippen molar-refractivity contribution in [1.82, 2.24) is 14.6 Å². The van der Waals surface area contributed by atoms with E-state index >= 15 is 0 Å². The van der Waals surface area contributed by atoms with Gasteiger partial charge in [0.05, 0.1) is 21.2 Å². The molecule has 0 radical (unpaired) electrons. The molecule has 0 bridgehead atoms. The van der Waals surface area contributed by atoms with Gasteiger partial charge in [0, 0.05) is 11.4 Å². The second kappa shape index (κ2) is 6.30. The van der Waals surface area contributed by atoms with Crippen molar-refractivity contribution < 1.29 is 8.63 Å². The molecule has 0 fully saturated rings. The van der Waals surface area contributed by atoms with E-state index < -0.39 is 10.8 Å². The number of aryl methyl sites for hydroxylation is 3. The lowest BCUT2D eigenvalue weighted by molar-refractivity contribution is 0.613. The molecule has 0 aliphatic carbocycles. The Kier molecular flexibility index (Phi) is 4.18. The predicted octanol–water partition coefficient (Wildman–Crippen LogP) is 4.81. The maximum absolute atomic E-state index is 13.0. The smallest absolute Gasteiger partial charge is 0.249 e. The number of rotatable bonds is 3. The Morgan fingerprint density at radius 3 is 2.52 bits per heavy atom. The van der Waals surface area contributed by atoms with Crippen LogP contribution in [0, 0.1) is 34.6 Å². The van der Waals surface area contributed by atoms with Crippen molar-refractivity contribution in [3.63, 3.8) is 0 Å². The standard InChI is InChI=1S/C21H23N3O2S/c1-7-27(25)20-18(21-22-16-10-11(2)8-9-17(16)26-21)23-24-15(6)13(4)12(3)14(5)19(20)24/h8-10H,7H2,1-6H3. The number of aromatic nitrogens is 3. The van der Waals surface area contributed by atoms with E-state index in [2.05, 4.69) is 25.8 Å². The van der Waals surface area contributed by atoms with E-state index in [0.29, 0.717) is 27.8 Å². The Bertz CT molecular complexity index is 1230. The van der Waals surface area contributed by atoms with E-state index in [0.717, 1.165) is 27.9 Å². The number of hydrogen-bond donors (Lipinski definition) is 0. The van der Waals surface area contributed by atoms with E-state index in [9.17, 15) is 4.21 Å². The van der Waals surface area contributed by atoms with Crippen molar-refractivity contribution in [3.05, 3.63) is 46.1 Å². The third kappa shape index (κ3) is 2.62. The SMILES string of the molecule is CCS(=O)c1c(-c2nc3cc(C)ccc3o2)nn2c(C)c(C)c(C)c(C)c12. The third-order valence-corrected chi connectivity index (χ3v) is 6.78. The van der Waals surface area contributed by atoms with E-state index in [1.54, 1.807) is 0 Å². The van der Waals surface area contributed by atoms with Crippen molar-refractivity contribution >= 4 is 27.4 Å². The molecule has 1 aromatic carbocycles. The first-order valence-electron chi connectivity index (χ1n) is 9.08. The van der Waals surface area contributed by atoms with Crippen LogP contribution in [0.5, 0.6) is 0 Å². The molecular formula is C21H23N3O2S. The molecule has 27 heavy (non-hydrogen) atoms. The second-order valence-electron chi connectivity index (χ2n) is 7.02. The van der Waals surface area contributed by atoms with Gasteiger partial charge in [0.15, 0.2) is 11.3 Å². The van der Waals surface area contributed by atoms with Crippen LogP contribution in [0.3, 0.4) is 0 Å². The van der Waals surface area contributed by atoms with Crippen molar-refractivity contribution in [3.8, 4) is 11.6 Å². The van der Waals surface area contributed by atoms with Crippen LogP contribution in [0.15, 0.2) is 27.5 Å². The van der Waals surface area contributed by atoms with E-state index in [1.807, 2.05) is 43.5 Å². The molecule has 0 aliphatic rings. The lowest BCUT2D eigenvalue weighted by Crippen LogP contribution is -2.03. The molecule has 0 spiro atoms. The molecule has 3 aromatic heterocycles. The highest BCUT2D eigenvalue weighted by atomic mass is 32.2. The lowest BCUT2D eigenvalue weighted by Gasteiger charge is -2.12. The summed E-state index contributed by atoms with van der Waals surface area (Å²) in [5, 5.41) is 4.80. The molecular weight excluding hydrogens is 358 g/mol. The number of oxazole rings is 1. The summed E-state index contributed by atoms with van der Waals surface area (Å²) in [5.74, 6) is 0.934. The van der Waals surface area contributed by atoms with Crippen LogP contribution in [0.4, 0.5) is 0 Å². The van der Waals surface area contributed by atoms with E-state index in [4.69, 9.17) is 9.52 Å². The number of pyridine rings is 1. The molecule has 3 heterocycles. The van der Waals surface area contributed by atoms with Gasteiger partial charge >= 0.3 is 0 Å². The maximum atomic E-state index is 13.0. The Hall–Kier alpha value is -2.47. The average molecular weight is 382 g/mol. The summed E-state index contributed by atoms with van der Waals surface area (Å²) in [6.07, 6.45) is 0. The van der Waals surface area contributed by atoms with Crippen molar-refractivity contribution in [2.45, 2.75) is 46.4 Å². The zero-order valence-corrected chi connectivity index (χ0v) is 17.3. The highest BCUT2D eigenvalue weighted by molar-refractivity contribution is 7.85. The first-order valence-corrected chi connectivity index (χ1v) is 10.4. The van der Waals surface area contributed by atoms with Crippen LogP contribution in [0.25, 0.3) is 28.2 Å². The second-order valence-corrected chi connectivity index (χ2v) is 8.70. The van der Waals surface area contributed by atoms with Crippen LogP contribution < -0.4 is 0 Å². The van der Waals surface area contributed by atoms with Crippen LogP contribution >= 0.6 is 0 Å². The van der Waals surface area contributed by atoms with Gasteiger partial charge in [0.2, 0.25) is 5.89 Å². The molecule has 5 nitrogen and oxygen atoms in total. The minimum Gasteiger partial charge on any atom is -0.435 e. The van der Waals surface area contributed by atoms with Gasteiger partial charge in [-0.25, -0.2) is 9.50 Å². The molecule has 0 amide bonds. The summed E-state index contributed by atoms with van der Waals surface area (Å²) in [6.45, 7) is 12.2. The average Bonchev–Trinajstić information content (AvgIpc) is 3.25. The van der Waals surface area contributed by atoms with Gasteiger partial charge in [-0.3, -0.25) is 4.21 Å². The Morgan fingerprint density at radius 2 is 1.81 bits per heavy atom. The van der Waals surface area contributed by atoms with Crippen LogP contribution in [-0.4, -0.2) is 24.6 Å². The summed E-state index contributed by atoms with van der Waals surface area (Å²) < 4.78 is 20.9. The van der Waals surface area contributed by atoms with Gasteiger partial charge in [0.25, 0.3) is 0 Å². The monoisotopic (exact) mass is 381 g/mol. The van der Waals surface area contributed by atoms with E-state index in [1.165, 1.54) is 11.1 Å². The topological polar surface area (TPSA) is 60.4 Å². The van der Waals surface area contributed by atoms with Crippen molar-refractivity contribution in [1.29, 1.82) is 0 Å². The summed E-state index contributed by atoms with van der Waals surface area (Å²) in [5.41, 5.74) is 8.63. The predicted molar refractivity (Wildman–Crippen MR) is 109 cm³/mol. The molecule has 0 saturated carbocycles. The molecule has 4 rings (SSSR count). The largest absolute Gasteiger partial charge is 0.435 e. The number of fused-ring (bicyclic) bond motifs is 2. The summed E-state index contributed by atoms with van der Waals surface area (Å²) in [7, 11) is -1.19. The fourth-order valence-corrected chi connectivity index (χ4v) is 4.59. The van der Waals surface area contributed by atoms with Crippen molar-refractivity contribution in [2.24, 2.45) is 0 Å². The van der Waals surface area contributed by atoms with Crippen LogP contribution in [0.1, 0.15) is 34.9 Å².